The first-order valence-electron chi connectivity index (χ1n) is 4.94. The number of aromatic nitrogens is 1. The third-order valence-electron chi connectivity index (χ3n) is 2.39. The van der Waals surface area contributed by atoms with E-state index in [-0.39, 0.29) is 4.90 Å². The van der Waals surface area contributed by atoms with Crippen molar-refractivity contribution in [1.82, 2.24) is 3.97 Å². The van der Waals surface area contributed by atoms with Gasteiger partial charge in [0.25, 0.3) is 10.0 Å². The summed E-state index contributed by atoms with van der Waals surface area (Å²) in [6, 6.07) is 9.94. The van der Waals surface area contributed by atoms with Crippen LogP contribution < -0.4 is 0 Å². The third-order valence-corrected chi connectivity index (χ3v) is 4.04. The molecule has 2 aromatic rings. The van der Waals surface area contributed by atoms with Crippen LogP contribution in [0.4, 0.5) is 0 Å². The van der Waals surface area contributed by atoms with Crippen LogP contribution in [0.15, 0.2) is 47.6 Å². The Bertz CT molecular complexity index is 676. The molecule has 0 aliphatic heterocycles. The maximum Gasteiger partial charge on any atom is 0.267 e. The number of nitrogens with zero attached hydrogens (tertiary/aromatic N) is 2. The lowest BCUT2D eigenvalue weighted by Crippen LogP contribution is -2.10. The van der Waals surface area contributed by atoms with E-state index in [1.165, 1.54) is 18.5 Å². The van der Waals surface area contributed by atoms with Crippen molar-refractivity contribution in [3.63, 3.8) is 0 Å². The summed E-state index contributed by atoms with van der Waals surface area (Å²) in [7, 11) is -3.58. The highest BCUT2D eigenvalue weighted by Gasteiger charge is 2.16. The molecular formula is C12H10N2O2S. The predicted octanol–water partition coefficient (Wildman–Crippen LogP) is 1.91. The highest BCUT2D eigenvalue weighted by atomic mass is 32.2. The molecule has 0 radical (unpaired) electrons. The SMILES string of the molecule is Cc1ccc(S(=O)(=O)n2ccc(C#N)c2)cc1. The molecule has 0 aliphatic carbocycles. The lowest BCUT2D eigenvalue weighted by atomic mass is 10.2. The molecule has 0 fully saturated rings. The van der Waals surface area contributed by atoms with E-state index in [4.69, 9.17) is 5.26 Å². The van der Waals surface area contributed by atoms with Crippen LogP contribution in [-0.4, -0.2) is 12.4 Å². The summed E-state index contributed by atoms with van der Waals surface area (Å²) < 4.78 is 25.3. The van der Waals surface area contributed by atoms with Crippen molar-refractivity contribution in [1.29, 1.82) is 5.26 Å². The topological polar surface area (TPSA) is 62.9 Å². The quantitative estimate of drug-likeness (QED) is 0.813. The maximum atomic E-state index is 12.1. The van der Waals surface area contributed by atoms with E-state index >= 15 is 0 Å². The van der Waals surface area contributed by atoms with E-state index in [0.29, 0.717) is 5.56 Å². The molecular weight excluding hydrogens is 236 g/mol. The van der Waals surface area contributed by atoms with Crippen molar-refractivity contribution >= 4 is 10.0 Å². The van der Waals surface area contributed by atoms with Gasteiger partial charge in [-0.3, -0.25) is 0 Å². The minimum atomic E-state index is -3.58. The maximum absolute atomic E-state index is 12.1. The summed E-state index contributed by atoms with van der Waals surface area (Å²) in [6.07, 6.45) is 2.67. The first kappa shape index (κ1) is 11.4. The van der Waals surface area contributed by atoms with Crippen LogP contribution >= 0.6 is 0 Å². The molecule has 4 nitrogen and oxygen atoms in total. The van der Waals surface area contributed by atoms with Gasteiger partial charge in [-0.2, -0.15) is 5.26 Å². The number of rotatable bonds is 2. The van der Waals surface area contributed by atoms with Crippen LogP contribution in [-0.2, 0) is 10.0 Å². The van der Waals surface area contributed by atoms with Gasteiger partial charge in [0.1, 0.15) is 6.07 Å². The third kappa shape index (κ3) is 2.08. The second-order valence-electron chi connectivity index (χ2n) is 3.66. The fraction of sp³-hybridized carbons (Fsp3) is 0.0833. The molecule has 17 heavy (non-hydrogen) atoms. The Kier molecular flexibility index (Phi) is 2.74. The second kappa shape index (κ2) is 4.07. The van der Waals surface area contributed by atoms with Gasteiger partial charge in [-0.25, -0.2) is 12.4 Å². The summed E-state index contributed by atoms with van der Waals surface area (Å²) in [5, 5.41) is 8.67. The molecule has 1 heterocycles. The number of benzene rings is 1. The summed E-state index contributed by atoms with van der Waals surface area (Å²) in [5.41, 5.74) is 1.31. The molecule has 1 aromatic heterocycles. The lowest BCUT2D eigenvalue weighted by Gasteiger charge is -2.05. The molecule has 5 heteroatoms. The van der Waals surface area contributed by atoms with Crippen molar-refractivity contribution in [3.8, 4) is 6.07 Å². The summed E-state index contributed by atoms with van der Waals surface area (Å²) in [5.74, 6) is 0. The van der Waals surface area contributed by atoms with Crippen LogP contribution in [0.1, 0.15) is 11.1 Å². The summed E-state index contributed by atoms with van der Waals surface area (Å²) >= 11 is 0. The van der Waals surface area contributed by atoms with Gasteiger partial charge in [-0.1, -0.05) is 17.7 Å². The van der Waals surface area contributed by atoms with Gasteiger partial charge in [0.05, 0.1) is 10.5 Å². The molecule has 0 N–H and O–H groups in total. The smallest absolute Gasteiger partial charge is 0.248 e. The normalized spacial score (nSPS) is 11.1. The van der Waals surface area contributed by atoms with Gasteiger partial charge in [-0.05, 0) is 25.1 Å². The van der Waals surface area contributed by atoms with Crippen LogP contribution in [0.5, 0.6) is 0 Å². The minimum absolute atomic E-state index is 0.211. The standard InChI is InChI=1S/C12H10N2O2S/c1-10-2-4-12(5-3-10)17(15,16)14-7-6-11(8-13)9-14/h2-7,9H,1H3. The highest BCUT2D eigenvalue weighted by molar-refractivity contribution is 7.90. The van der Waals surface area contributed by atoms with Gasteiger partial charge >= 0.3 is 0 Å². The monoisotopic (exact) mass is 246 g/mol. The Labute approximate surface area is 99.8 Å². The fourth-order valence-electron chi connectivity index (χ4n) is 1.42. The molecule has 86 valence electrons. The Balaban J connectivity index is 2.50. The van der Waals surface area contributed by atoms with Crippen molar-refractivity contribution in [2.45, 2.75) is 11.8 Å². The predicted molar refractivity (Wildman–Crippen MR) is 62.9 cm³/mol. The summed E-state index contributed by atoms with van der Waals surface area (Å²) in [4.78, 5) is 0.211. The van der Waals surface area contributed by atoms with E-state index in [1.54, 1.807) is 24.3 Å². The van der Waals surface area contributed by atoms with Gasteiger partial charge < -0.3 is 0 Å². The van der Waals surface area contributed by atoms with E-state index in [0.717, 1.165) is 9.54 Å². The average molecular weight is 246 g/mol. The Morgan fingerprint density at radius 1 is 1.18 bits per heavy atom. The molecule has 0 bridgehead atoms. The fourth-order valence-corrected chi connectivity index (χ4v) is 2.62. The molecule has 0 spiro atoms. The Morgan fingerprint density at radius 3 is 2.35 bits per heavy atom. The number of hydrogen-bond donors (Lipinski definition) is 0. The number of aryl methyl sites for hydroxylation is 1. The zero-order valence-electron chi connectivity index (χ0n) is 9.16. The Morgan fingerprint density at radius 2 is 1.82 bits per heavy atom. The molecule has 0 amide bonds. The van der Waals surface area contributed by atoms with Crippen LogP contribution in [0.25, 0.3) is 0 Å². The first-order valence-corrected chi connectivity index (χ1v) is 6.38. The molecule has 0 unspecified atom stereocenters. The van der Waals surface area contributed by atoms with Crippen molar-refractivity contribution in [3.05, 3.63) is 53.9 Å². The number of hydrogen-bond acceptors (Lipinski definition) is 3. The van der Waals surface area contributed by atoms with Crippen molar-refractivity contribution < 1.29 is 8.42 Å². The largest absolute Gasteiger partial charge is 0.267 e. The zero-order chi connectivity index (χ0) is 12.5. The molecule has 0 atom stereocenters. The molecule has 0 aliphatic rings. The van der Waals surface area contributed by atoms with Crippen LogP contribution in [0, 0.1) is 18.3 Å². The lowest BCUT2D eigenvalue weighted by molar-refractivity contribution is 0.587. The van der Waals surface area contributed by atoms with E-state index in [1.807, 2.05) is 13.0 Å². The van der Waals surface area contributed by atoms with Crippen LogP contribution in [0.3, 0.4) is 0 Å². The minimum Gasteiger partial charge on any atom is -0.248 e. The zero-order valence-corrected chi connectivity index (χ0v) is 9.98. The van der Waals surface area contributed by atoms with Crippen molar-refractivity contribution in [2.24, 2.45) is 0 Å². The molecule has 1 aromatic carbocycles. The van der Waals surface area contributed by atoms with E-state index < -0.39 is 10.0 Å². The van der Waals surface area contributed by atoms with Gasteiger partial charge in [0, 0.05) is 12.4 Å². The number of nitriles is 1. The highest BCUT2D eigenvalue weighted by Crippen LogP contribution is 2.15. The van der Waals surface area contributed by atoms with E-state index in [9.17, 15) is 8.42 Å². The first-order chi connectivity index (χ1) is 8.04. The van der Waals surface area contributed by atoms with Gasteiger partial charge in [-0.15, -0.1) is 0 Å². The second-order valence-corrected chi connectivity index (χ2v) is 5.50. The van der Waals surface area contributed by atoms with Gasteiger partial charge in [0.15, 0.2) is 0 Å². The molecule has 0 saturated heterocycles. The molecule has 2 rings (SSSR count). The average Bonchev–Trinajstić information content (AvgIpc) is 2.78. The summed E-state index contributed by atoms with van der Waals surface area (Å²) in [6.45, 7) is 1.89. The Hall–Kier alpha value is -2.06. The van der Waals surface area contributed by atoms with Gasteiger partial charge in [0.2, 0.25) is 0 Å². The van der Waals surface area contributed by atoms with Crippen molar-refractivity contribution in [2.75, 3.05) is 0 Å². The van der Waals surface area contributed by atoms with Crippen LogP contribution in [0.2, 0.25) is 0 Å². The van der Waals surface area contributed by atoms with E-state index in [2.05, 4.69) is 0 Å². The molecule has 0 saturated carbocycles.